The standard InChI is InChI=1S/C17H18ClNO/c1-2-16(12-3-5-14(18)6-4-12)19-15-7-8-17-13(11-15)9-10-20-17/h3-8,11,16,19H,2,9-10H2,1H3. The Morgan fingerprint density at radius 2 is 2.00 bits per heavy atom. The van der Waals surface area contributed by atoms with E-state index in [0.29, 0.717) is 6.04 Å². The van der Waals surface area contributed by atoms with Gasteiger partial charge >= 0.3 is 0 Å². The van der Waals surface area contributed by atoms with Gasteiger partial charge in [-0.05, 0) is 47.9 Å². The Bertz CT molecular complexity index is 594. The molecule has 20 heavy (non-hydrogen) atoms. The van der Waals surface area contributed by atoms with E-state index in [1.807, 2.05) is 12.1 Å². The molecule has 2 aromatic carbocycles. The van der Waals surface area contributed by atoms with Gasteiger partial charge in [-0.2, -0.15) is 0 Å². The van der Waals surface area contributed by atoms with Crippen molar-refractivity contribution >= 4 is 17.3 Å². The first-order valence-electron chi connectivity index (χ1n) is 7.04. The molecule has 1 N–H and O–H groups in total. The van der Waals surface area contributed by atoms with Gasteiger partial charge in [0.1, 0.15) is 5.75 Å². The molecule has 2 nitrogen and oxygen atoms in total. The van der Waals surface area contributed by atoms with E-state index in [0.717, 1.165) is 35.9 Å². The highest BCUT2D eigenvalue weighted by Gasteiger charge is 2.14. The monoisotopic (exact) mass is 287 g/mol. The Balaban J connectivity index is 1.79. The number of hydrogen-bond donors (Lipinski definition) is 1. The average molecular weight is 288 g/mol. The smallest absolute Gasteiger partial charge is 0.122 e. The van der Waals surface area contributed by atoms with Crippen LogP contribution in [0.2, 0.25) is 5.02 Å². The zero-order valence-electron chi connectivity index (χ0n) is 11.5. The van der Waals surface area contributed by atoms with E-state index < -0.39 is 0 Å². The third-order valence-corrected chi connectivity index (χ3v) is 3.96. The molecule has 1 atom stereocenters. The highest BCUT2D eigenvalue weighted by molar-refractivity contribution is 6.30. The van der Waals surface area contributed by atoms with Crippen LogP contribution in [-0.2, 0) is 6.42 Å². The molecule has 0 amide bonds. The van der Waals surface area contributed by atoms with Crippen molar-refractivity contribution in [2.45, 2.75) is 25.8 Å². The molecule has 3 heteroatoms. The summed E-state index contributed by atoms with van der Waals surface area (Å²) in [7, 11) is 0. The van der Waals surface area contributed by atoms with Gasteiger partial charge in [-0.1, -0.05) is 30.7 Å². The van der Waals surface area contributed by atoms with Crippen molar-refractivity contribution in [1.29, 1.82) is 0 Å². The largest absolute Gasteiger partial charge is 0.493 e. The lowest BCUT2D eigenvalue weighted by Crippen LogP contribution is -2.09. The summed E-state index contributed by atoms with van der Waals surface area (Å²) >= 11 is 5.95. The molecule has 2 aromatic rings. The quantitative estimate of drug-likeness (QED) is 0.869. The number of halogens is 1. The van der Waals surface area contributed by atoms with Gasteiger partial charge in [0, 0.05) is 17.1 Å². The Kier molecular flexibility index (Phi) is 3.83. The topological polar surface area (TPSA) is 21.3 Å². The second-order valence-electron chi connectivity index (χ2n) is 5.08. The van der Waals surface area contributed by atoms with Crippen LogP contribution >= 0.6 is 11.6 Å². The Morgan fingerprint density at radius 3 is 2.75 bits per heavy atom. The first kappa shape index (κ1) is 13.3. The number of nitrogens with one attached hydrogen (secondary N) is 1. The summed E-state index contributed by atoms with van der Waals surface area (Å²) in [6.45, 7) is 2.98. The van der Waals surface area contributed by atoms with E-state index in [1.54, 1.807) is 0 Å². The summed E-state index contributed by atoms with van der Waals surface area (Å²) in [5.74, 6) is 1.02. The number of anilines is 1. The minimum atomic E-state index is 0.299. The fourth-order valence-electron chi connectivity index (χ4n) is 2.59. The predicted octanol–water partition coefficient (Wildman–Crippen LogP) is 4.84. The van der Waals surface area contributed by atoms with Crippen molar-refractivity contribution < 1.29 is 4.74 Å². The molecule has 0 fully saturated rings. The summed E-state index contributed by atoms with van der Waals surface area (Å²) in [5.41, 5.74) is 3.70. The fourth-order valence-corrected chi connectivity index (χ4v) is 2.72. The first-order chi connectivity index (χ1) is 9.76. The number of rotatable bonds is 4. The van der Waals surface area contributed by atoms with E-state index in [9.17, 15) is 0 Å². The molecule has 1 heterocycles. The van der Waals surface area contributed by atoms with Gasteiger partial charge in [-0.15, -0.1) is 0 Å². The molecule has 1 unspecified atom stereocenters. The lowest BCUT2D eigenvalue weighted by atomic mass is 10.0. The van der Waals surface area contributed by atoms with Gasteiger partial charge in [0.15, 0.2) is 0 Å². The van der Waals surface area contributed by atoms with E-state index in [4.69, 9.17) is 16.3 Å². The number of fused-ring (bicyclic) bond motifs is 1. The Labute approximate surface area is 124 Å². The van der Waals surface area contributed by atoms with Gasteiger partial charge in [-0.25, -0.2) is 0 Å². The van der Waals surface area contributed by atoms with Crippen molar-refractivity contribution in [2.24, 2.45) is 0 Å². The summed E-state index contributed by atoms with van der Waals surface area (Å²) in [4.78, 5) is 0. The lowest BCUT2D eigenvalue weighted by molar-refractivity contribution is 0.357. The highest BCUT2D eigenvalue weighted by Crippen LogP contribution is 2.30. The van der Waals surface area contributed by atoms with Crippen molar-refractivity contribution in [3.8, 4) is 5.75 Å². The molecule has 0 saturated heterocycles. The molecule has 0 aliphatic carbocycles. The molecular formula is C17H18ClNO. The van der Waals surface area contributed by atoms with Crippen LogP contribution in [0.5, 0.6) is 5.75 Å². The normalized spacial score (nSPS) is 14.5. The Morgan fingerprint density at radius 1 is 1.20 bits per heavy atom. The van der Waals surface area contributed by atoms with Crippen LogP contribution in [0.1, 0.15) is 30.5 Å². The van der Waals surface area contributed by atoms with Gasteiger partial charge in [-0.3, -0.25) is 0 Å². The molecule has 0 radical (unpaired) electrons. The summed E-state index contributed by atoms with van der Waals surface area (Å²) in [6.07, 6.45) is 2.03. The van der Waals surface area contributed by atoms with Crippen LogP contribution in [-0.4, -0.2) is 6.61 Å². The Hall–Kier alpha value is -1.67. The highest BCUT2D eigenvalue weighted by atomic mass is 35.5. The van der Waals surface area contributed by atoms with Crippen molar-refractivity contribution in [3.63, 3.8) is 0 Å². The molecule has 0 bridgehead atoms. The molecule has 3 rings (SSSR count). The zero-order chi connectivity index (χ0) is 13.9. The fraction of sp³-hybridized carbons (Fsp3) is 0.294. The maximum atomic E-state index is 5.95. The summed E-state index contributed by atoms with van der Waals surface area (Å²) < 4.78 is 5.54. The first-order valence-corrected chi connectivity index (χ1v) is 7.42. The van der Waals surface area contributed by atoms with E-state index in [1.165, 1.54) is 11.1 Å². The molecule has 0 aromatic heterocycles. The molecule has 0 spiro atoms. The molecular weight excluding hydrogens is 270 g/mol. The van der Waals surface area contributed by atoms with Gasteiger partial charge in [0.25, 0.3) is 0 Å². The minimum Gasteiger partial charge on any atom is -0.493 e. The maximum absolute atomic E-state index is 5.95. The van der Waals surface area contributed by atoms with Crippen LogP contribution in [0, 0.1) is 0 Å². The number of ether oxygens (including phenoxy) is 1. The van der Waals surface area contributed by atoms with Crippen LogP contribution in [0.25, 0.3) is 0 Å². The molecule has 0 saturated carbocycles. The van der Waals surface area contributed by atoms with Crippen LogP contribution in [0.15, 0.2) is 42.5 Å². The number of hydrogen-bond acceptors (Lipinski definition) is 2. The predicted molar refractivity (Wildman–Crippen MR) is 83.7 cm³/mol. The summed E-state index contributed by atoms with van der Waals surface area (Å²) in [5, 5.41) is 4.37. The second-order valence-corrected chi connectivity index (χ2v) is 5.51. The van der Waals surface area contributed by atoms with Crippen LogP contribution < -0.4 is 10.1 Å². The minimum absolute atomic E-state index is 0.299. The summed E-state index contributed by atoms with van der Waals surface area (Å²) in [6, 6.07) is 14.7. The molecule has 1 aliphatic heterocycles. The third-order valence-electron chi connectivity index (χ3n) is 3.71. The maximum Gasteiger partial charge on any atom is 0.122 e. The van der Waals surface area contributed by atoms with Crippen molar-refractivity contribution in [1.82, 2.24) is 0 Å². The molecule has 104 valence electrons. The molecule has 1 aliphatic rings. The van der Waals surface area contributed by atoms with Crippen LogP contribution in [0.3, 0.4) is 0 Å². The van der Waals surface area contributed by atoms with Crippen molar-refractivity contribution in [3.05, 3.63) is 58.6 Å². The van der Waals surface area contributed by atoms with E-state index in [2.05, 4.69) is 42.6 Å². The zero-order valence-corrected chi connectivity index (χ0v) is 12.3. The van der Waals surface area contributed by atoms with Gasteiger partial charge < -0.3 is 10.1 Å². The SMILES string of the molecule is CCC(Nc1ccc2c(c1)CCO2)c1ccc(Cl)cc1. The number of benzene rings is 2. The van der Waals surface area contributed by atoms with E-state index in [-0.39, 0.29) is 0 Å². The average Bonchev–Trinajstić information content (AvgIpc) is 2.93. The van der Waals surface area contributed by atoms with Crippen molar-refractivity contribution in [2.75, 3.05) is 11.9 Å². The van der Waals surface area contributed by atoms with Gasteiger partial charge in [0.05, 0.1) is 12.6 Å². The van der Waals surface area contributed by atoms with Crippen LogP contribution in [0.4, 0.5) is 5.69 Å². The van der Waals surface area contributed by atoms with E-state index >= 15 is 0 Å². The third kappa shape index (κ3) is 2.75. The second kappa shape index (κ2) is 5.76. The lowest BCUT2D eigenvalue weighted by Gasteiger charge is -2.19. The van der Waals surface area contributed by atoms with Gasteiger partial charge in [0.2, 0.25) is 0 Å².